The molecule has 25 heavy (non-hydrogen) atoms. The van der Waals surface area contributed by atoms with Crippen LogP contribution in [0, 0.1) is 0 Å². The fourth-order valence-corrected chi connectivity index (χ4v) is 2.95. The molecule has 0 heterocycles. The third-order valence-electron chi connectivity index (χ3n) is 4.61. The minimum absolute atomic E-state index is 0. The van der Waals surface area contributed by atoms with E-state index in [-0.39, 0.29) is 37.0 Å². The van der Waals surface area contributed by atoms with E-state index in [9.17, 15) is 4.79 Å². The molecular formula is C21H44NNaO2. The van der Waals surface area contributed by atoms with Gasteiger partial charge in [-0.1, -0.05) is 103 Å². The average Bonchev–Trinajstić information content (AvgIpc) is 2.57. The number of carbonyl (C=O) groups is 1. The van der Waals surface area contributed by atoms with Crippen molar-refractivity contribution < 1.29 is 40.5 Å². The fraction of sp³-hybridized carbons (Fsp3) is 0.952. The number of hydrogen-bond acceptors (Lipinski definition) is 3. The zero-order chi connectivity index (χ0) is 17.9. The number of nitrogens with two attached hydrogens (primary N) is 1. The largest absolute Gasteiger partial charge is 1.00 e. The Bertz CT molecular complexity index is 279. The zero-order valence-electron chi connectivity index (χ0n) is 18.5. The molecule has 2 N–H and O–H groups in total. The normalized spacial score (nSPS) is 11.8. The summed E-state index contributed by atoms with van der Waals surface area (Å²) in [5.41, 5.74) is 5.43. The van der Waals surface area contributed by atoms with Crippen LogP contribution in [0.4, 0.5) is 0 Å². The topological polar surface area (TPSA) is 52.3 Å². The summed E-state index contributed by atoms with van der Waals surface area (Å²) < 4.78 is 5.06. The maximum absolute atomic E-state index is 11.2. The van der Waals surface area contributed by atoms with E-state index in [0.717, 1.165) is 12.8 Å². The van der Waals surface area contributed by atoms with Gasteiger partial charge in [0.2, 0.25) is 0 Å². The molecule has 0 aromatic heterocycles. The molecule has 0 unspecified atom stereocenters. The van der Waals surface area contributed by atoms with Gasteiger partial charge in [-0.05, 0) is 13.3 Å². The zero-order valence-corrected chi connectivity index (χ0v) is 19.5. The van der Waals surface area contributed by atoms with Crippen molar-refractivity contribution in [2.24, 2.45) is 5.73 Å². The Hall–Kier alpha value is 0.430. The summed E-state index contributed by atoms with van der Waals surface area (Å²) in [6, 6.07) is -0.494. The molecule has 0 rings (SSSR count). The van der Waals surface area contributed by atoms with Crippen molar-refractivity contribution in [3.63, 3.8) is 0 Å². The molecule has 0 aromatic carbocycles. The van der Waals surface area contributed by atoms with Crippen LogP contribution in [0.5, 0.6) is 0 Å². The summed E-state index contributed by atoms with van der Waals surface area (Å²) in [4.78, 5) is 11.2. The molecule has 0 aliphatic carbocycles. The molecular weight excluding hydrogens is 321 g/mol. The maximum Gasteiger partial charge on any atom is 1.00 e. The summed E-state index contributed by atoms with van der Waals surface area (Å²) in [7, 11) is 0. The predicted octanol–water partition coefficient (Wildman–Crippen LogP) is 3.25. The smallest absolute Gasteiger partial charge is 1.00 e. The van der Waals surface area contributed by atoms with Crippen molar-refractivity contribution in [2.75, 3.05) is 6.61 Å². The number of ether oxygens (including phenoxy) is 1. The Labute approximate surface area is 181 Å². The van der Waals surface area contributed by atoms with Gasteiger partial charge in [0.25, 0.3) is 0 Å². The number of carbonyl (C=O) groups excluding carboxylic acids is 1. The van der Waals surface area contributed by atoms with Crippen LogP contribution in [0.3, 0.4) is 0 Å². The van der Waals surface area contributed by atoms with E-state index >= 15 is 0 Å². The molecule has 0 aliphatic heterocycles. The summed E-state index contributed by atoms with van der Waals surface area (Å²) in [5.74, 6) is -0.282. The Morgan fingerprint density at radius 1 is 0.760 bits per heavy atom. The molecule has 146 valence electrons. The van der Waals surface area contributed by atoms with E-state index in [2.05, 4.69) is 6.92 Å². The van der Waals surface area contributed by atoms with Gasteiger partial charge >= 0.3 is 35.5 Å². The van der Waals surface area contributed by atoms with Crippen LogP contribution in [-0.2, 0) is 9.53 Å². The quantitative estimate of drug-likeness (QED) is 0.230. The Kier molecular flexibility index (Phi) is 24.9. The van der Waals surface area contributed by atoms with Crippen LogP contribution in [0.1, 0.15) is 118 Å². The summed E-state index contributed by atoms with van der Waals surface area (Å²) in [6.45, 7) is 4.47. The van der Waals surface area contributed by atoms with E-state index in [1.165, 1.54) is 89.9 Å². The molecule has 0 radical (unpaired) electrons. The maximum atomic E-state index is 11.2. The number of hydrogen-bond donors (Lipinski definition) is 1. The predicted molar refractivity (Wildman–Crippen MR) is 105 cm³/mol. The van der Waals surface area contributed by atoms with Crippen LogP contribution in [-0.4, -0.2) is 18.6 Å². The SMILES string of the molecule is CCCCCCCCCCCCCCCCCCOC(=O)[C@H](C)N.[H-].[Na+]. The first-order valence-electron chi connectivity index (χ1n) is 10.6. The van der Waals surface area contributed by atoms with Gasteiger partial charge in [-0.15, -0.1) is 0 Å². The van der Waals surface area contributed by atoms with Gasteiger partial charge in [0, 0.05) is 0 Å². The van der Waals surface area contributed by atoms with Crippen molar-refractivity contribution >= 4 is 5.97 Å². The molecule has 0 aliphatic rings. The van der Waals surface area contributed by atoms with Gasteiger partial charge in [-0.25, -0.2) is 0 Å². The second-order valence-electron chi connectivity index (χ2n) is 7.26. The minimum Gasteiger partial charge on any atom is -1.00 e. The standard InChI is InChI=1S/C21H43NO2.Na.H/c1-3-4-5-6-7-8-9-10-11-12-13-14-15-16-17-18-19-24-21(23)20(2)22;;/h20H,3-19,22H2,1-2H3;;/q;+1;-1/t20-;;/m0../s1. The molecule has 1 atom stereocenters. The summed E-state index contributed by atoms with van der Waals surface area (Å²) in [5, 5.41) is 0. The summed E-state index contributed by atoms with van der Waals surface area (Å²) >= 11 is 0. The molecule has 0 saturated carbocycles. The van der Waals surface area contributed by atoms with Crippen LogP contribution in [0.15, 0.2) is 0 Å². The Balaban J connectivity index is -0.00000264. The number of unbranched alkanes of at least 4 members (excludes halogenated alkanes) is 15. The Morgan fingerprint density at radius 3 is 1.40 bits per heavy atom. The van der Waals surface area contributed by atoms with Crippen LogP contribution in [0.25, 0.3) is 0 Å². The van der Waals surface area contributed by atoms with Crippen molar-refractivity contribution in [3.8, 4) is 0 Å². The van der Waals surface area contributed by atoms with E-state index < -0.39 is 6.04 Å². The first-order valence-corrected chi connectivity index (χ1v) is 10.6. The van der Waals surface area contributed by atoms with E-state index in [1.807, 2.05) is 0 Å². The number of rotatable bonds is 18. The van der Waals surface area contributed by atoms with Gasteiger partial charge in [0.15, 0.2) is 0 Å². The molecule has 4 heteroatoms. The van der Waals surface area contributed by atoms with Crippen molar-refractivity contribution in [1.29, 1.82) is 0 Å². The van der Waals surface area contributed by atoms with E-state index in [4.69, 9.17) is 10.5 Å². The van der Waals surface area contributed by atoms with Crippen molar-refractivity contribution in [3.05, 3.63) is 0 Å². The molecule has 0 saturated heterocycles. The minimum atomic E-state index is -0.494. The van der Waals surface area contributed by atoms with E-state index in [0.29, 0.717) is 6.61 Å². The second-order valence-corrected chi connectivity index (χ2v) is 7.26. The second kappa shape index (κ2) is 22.5. The average molecular weight is 366 g/mol. The van der Waals surface area contributed by atoms with Crippen LogP contribution < -0.4 is 35.3 Å². The van der Waals surface area contributed by atoms with Gasteiger partial charge in [-0.2, -0.15) is 0 Å². The molecule has 0 fully saturated rings. The van der Waals surface area contributed by atoms with Gasteiger partial charge in [-0.3, -0.25) is 4.79 Å². The number of esters is 1. The van der Waals surface area contributed by atoms with Crippen LogP contribution in [0.2, 0.25) is 0 Å². The summed E-state index contributed by atoms with van der Waals surface area (Å²) in [6.07, 6.45) is 21.7. The molecule has 0 aromatic rings. The third kappa shape index (κ3) is 22.4. The monoisotopic (exact) mass is 365 g/mol. The third-order valence-corrected chi connectivity index (χ3v) is 4.61. The van der Waals surface area contributed by atoms with E-state index in [1.54, 1.807) is 6.92 Å². The van der Waals surface area contributed by atoms with Gasteiger partial charge in [0.1, 0.15) is 6.04 Å². The molecule has 3 nitrogen and oxygen atoms in total. The fourth-order valence-electron chi connectivity index (χ4n) is 2.95. The van der Waals surface area contributed by atoms with Crippen molar-refractivity contribution in [1.82, 2.24) is 0 Å². The molecule has 0 amide bonds. The molecule has 0 bridgehead atoms. The first kappa shape index (κ1) is 27.6. The molecule has 0 spiro atoms. The Morgan fingerprint density at radius 2 is 1.08 bits per heavy atom. The van der Waals surface area contributed by atoms with Crippen LogP contribution >= 0.6 is 0 Å². The van der Waals surface area contributed by atoms with Gasteiger partial charge < -0.3 is 11.9 Å². The first-order chi connectivity index (χ1) is 11.7. The van der Waals surface area contributed by atoms with Crippen molar-refractivity contribution in [2.45, 2.75) is 123 Å². The van der Waals surface area contributed by atoms with Gasteiger partial charge in [0.05, 0.1) is 6.61 Å².